The second kappa shape index (κ2) is 5.95. The zero-order valence-corrected chi connectivity index (χ0v) is 15.2. The van der Waals surface area contributed by atoms with Crippen LogP contribution in [0.5, 0.6) is 0 Å². The SMILES string of the molecule is Cc1ccc(-c2cc(N(C)C)n3ncc(C=C4NC(=O)NC4=O)c3n2)s1. The lowest BCUT2D eigenvalue weighted by Gasteiger charge is -2.15. The van der Waals surface area contributed by atoms with Gasteiger partial charge in [0.1, 0.15) is 11.5 Å². The van der Waals surface area contributed by atoms with E-state index in [1.54, 1.807) is 28.1 Å². The molecule has 9 heteroatoms. The number of thiophene rings is 1. The quantitative estimate of drug-likeness (QED) is 0.545. The van der Waals surface area contributed by atoms with Crippen molar-refractivity contribution < 1.29 is 9.59 Å². The van der Waals surface area contributed by atoms with Crippen molar-refractivity contribution in [1.29, 1.82) is 0 Å². The van der Waals surface area contributed by atoms with E-state index in [1.807, 2.05) is 31.1 Å². The molecule has 0 saturated carbocycles. The highest BCUT2D eigenvalue weighted by atomic mass is 32.1. The normalized spacial score (nSPS) is 15.6. The fraction of sp³-hybridized carbons (Fsp3) is 0.176. The third-order valence-electron chi connectivity index (χ3n) is 3.95. The van der Waals surface area contributed by atoms with Gasteiger partial charge in [0.2, 0.25) is 0 Å². The van der Waals surface area contributed by atoms with Gasteiger partial charge in [0.15, 0.2) is 5.65 Å². The van der Waals surface area contributed by atoms with E-state index in [0.29, 0.717) is 11.2 Å². The molecule has 4 rings (SSSR count). The Morgan fingerprint density at radius 3 is 2.65 bits per heavy atom. The molecule has 0 aromatic carbocycles. The van der Waals surface area contributed by atoms with Crippen molar-refractivity contribution in [3.63, 3.8) is 0 Å². The third kappa shape index (κ3) is 2.72. The summed E-state index contributed by atoms with van der Waals surface area (Å²) in [6.45, 7) is 2.05. The molecule has 1 fully saturated rings. The number of hydrogen-bond acceptors (Lipinski definition) is 6. The molecule has 4 heterocycles. The van der Waals surface area contributed by atoms with Crippen molar-refractivity contribution in [1.82, 2.24) is 25.2 Å². The van der Waals surface area contributed by atoms with Crippen LogP contribution in [0.1, 0.15) is 10.4 Å². The number of anilines is 1. The molecule has 26 heavy (non-hydrogen) atoms. The van der Waals surface area contributed by atoms with Gasteiger partial charge < -0.3 is 10.2 Å². The van der Waals surface area contributed by atoms with Crippen LogP contribution in [0.3, 0.4) is 0 Å². The Bertz CT molecular complexity index is 1080. The largest absolute Gasteiger partial charge is 0.363 e. The summed E-state index contributed by atoms with van der Waals surface area (Å²) in [5, 5.41) is 9.06. The zero-order chi connectivity index (χ0) is 18.4. The van der Waals surface area contributed by atoms with Gasteiger partial charge in [-0.25, -0.2) is 9.78 Å². The van der Waals surface area contributed by atoms with E-state index < -0.39 is 11.9 Å². The van der Waals surface area contributed by atoms with E-state index in [0.717, 1.165) is 16.4 Å². The Morgan fingerprint density at radius 1 is 1.23 bits per heavy atom. The Kier molecular flexibility index (Phi) is 3.73. The molecule has 1 aliphatic heterocycles. The van der Waals surface area contributed by atoms with Crippen LogP contribution in [-0.2, 0) is 4.79 Å². The number of hydrogen-bond donors (Lipinski definition) is 2. The number of amides is 3. The minimum absolute atomic E-state index is 0.176. The topological polar surface area (TPSA) is 91.6 Å². The van der Waals surface area contributed by atoms with Crippen molar-refractivity contribution in [2.45, 2.75) is 6.92 Å². The molecule has 3 amide bonds. The van der Waals surface area contributed by atoms with Gasteiger partial charge in [-0.2, -0.15) is 9.61 Å². The summed E-state index contributed by atoms with van der Waals surface area (Å²) in [4.78, 5) is 32.1. The molecule has 0 radical (unpaired) electrons. The summed E-state index contributed by atoms with van der Waals surface area (Å²) in [5.74, 6) is 0.396. The maximum Gasteiger partial charge on any atom is 0.326 e. The fourth-order valence-electron chi connectivity index (χ4n) is 2.72. The zero-order valence-electron chi connectivity index (χ0n) is 14.4. The number of nitrogens with one attached hydrogen (secondary N) is 2. The van der Waals surface area contributed by atoms with Crippen LogP contribution in [-0.4, -0.2) is 40.6 Å². The molecule has 0 unspecified atom stereocenters. The molecule has 0 aliphatic carbocycles. The highest BCUT2D eigenvalue weighted by molar-refractivity contribution is 7.15. The molecule has 132 valence electrons. The maximum atomic E-state index is 11.8. The molecule has 2 N–H and O–H groups in total. The standard InChI is InChI=1S/C17H16N6O2S/c1-9-4-5-13(26-9)11-7-14(22(2)3)23-15(19-11)10(8-18-23)6-12-16(24)21-17(25)20-12/h4-8H,1-3H3,(H2,20,21,24,25). The van der Waals surface area contributed by atoms with E-state index >= 15 is 0 Å². The molecule has 0 atom stereocenters. The predicted octanol–water partition coefficient (Wildman–Crippen LogP) is 2.01. The van der Waals surface area contributed by atoms with Crippen LogP contribution >= 0.6 is 11.3 Å². The number of aromatic nitrogens is 3. The fourth-order valence-corrected chi connectivity index (χ4v) is 3.55. The first-order valence-corrected chi connectivity index (χ1v) is 8.71. The molecule has 0 spiro atoms. The molecule has 3 aromatic rings. The lowest BCUT2D eigenvalue weighted by Crippen LogP contribution is -2.22. The number of aryl methyl sites for hydroxylation is 1. The first-order valence-electron chi connectivity index (χ1n) is 7.89. The van der Waals surface area contributed by atoms with Gasteiger partial charge >= 0.3 is 6.03 Å². The van der Waals surface area contributed by atoms with Gasteiger partial charge in [0.25, 0.3) is 5.91 Å². The van der Waals surface area contributed by atoms with Gasteiger partial charge in [-0.1, -0.05) is 0 Å². The lowest BCUT2D eigenvalue weighted by molar-refractivity contribution is -0.115. The number of fused-ring (bicyclic) bond motifs is 1. The minimum Gasteiger partial charge on any atom is -0.363 e. The lowest BCUT2D eigenvalue weighted by atomic mass is 10.2. The van der Waals surface area contributed by atoms with E-state index in [2.05, 4.69) is 28.7 Å². The second-order valence-electron chi connectivity index (χ2n) is 6.11. The van der Waals surface area contributed by atoms with Crippen molar-refractivity contribution in [3.05, 3.63) is 40.5 Å². The van der Waals surface area contributed by atoms with Crippen LogP contribution in [0, 0.1) is 6.92 Å². The van der Waals surface area contributed by atoms with Crippen molar-refractivity contribution in [3.8, 4) is 10.6 Å². The number of urea groups is 1. The smallest absolute Gasteiger partial charge is 0.326 e. The summed E-state index contributed by atoms with van der Waals surface area (Å²) in [7, 11) is 3.87. The summed E-state index contributed by atoms with van der Waals surface area (Å²) >= 11 is 1.66. The second-order valence-corrected chi connectivity index (χ2v) is 7.39. The average Bonchev–Trinajstić information content (AvgIpc) is 3.27. The molecular formula is C17H16N6O2S. The van der Waals surface area contributed by atoms with E-state index in [-0.39, 0.29) is 5.70 Å². The number of nitrogens with zero attached hydrogens (tertiary/aromatic N) is 4. The summed E-state index contributed by atoms with van der Waals surface area (Å²) in [6, 6.07) is 5.54. The van der Waals surface area contributed by atoms with Crippen LogP contribution in [0.4, 0.5) is 10.6 Å². The number of imide groups is 1. The molecular weight excluding hydrogens is 352 g/mol. The van der Waals surface area contributed by atoms with E-state index in [4.69, 9.17) is 4.98 Å². The minimum atomic E-state index is -0.533. The van der Waals surface area contributed by atoms with E-state index in [9.17, 15) is 9.59 Å². The van der Waals surface area contributed by atoms with Crippen LogP contribution in [0.25, 0.3) is 22.3 Å². The van der Waals surface area contributed by atoms with Gasteiger partial charge in [0, 0.05) is 30.6 Å². The Morgan fingerprint density at radius 2 is 2.04 bits per heavy atom. The Labute approximate surface area is 153 Å². The monoisotopic (exact) mass is 368 g/mol. The first-order chi connectivity index (χ1) is 12.4. The highest BCUT2D eigenvalue weighted by Gasteiger charge is 2.24. The molecule has 8 nitrogen and oxygen atoms in total. The Hall–Kier alpha value is -3.20. The van der Waals surface area contributed by atoms with Crippen LogP contribution in [0.15, 0.2) is 30.1 Å². The number of carbonyl (C=O) groups excluding carboxylic acids is 2. The number of carbonyl (C=O) groups is 2. The van der Waals surface area contributed by atoms with Gasteiger partial charge in [-0.3, -0.25) is 10.1 Å². The summed E-state index contributed by atoms with van der Waals surface area (Å²) in [6.07, 6.45) is 3.21. The summed E-state index contributed by atoms with van der Waals surface area (Å²) in [5.41, 5.74) is 2.27. The summed E-state index contributed by atoms with van der Waals surface area (Å²) < 4.78 is 1.71. The molecule has 3 aromatic heterocycles. The molecule has 1 saturated heterocycles. The van der Waals surface area contributed by atoms with Gasteiger partial charge in [0.05, 0.1) is 16.8 Å². The number of rotatable bonds is 3. The first kappa shape index (κ1) is 16.3. The predicted molar refractivity (Wildman–Crippen MR) is 100 cm³/mol. The highest BCUT2D eigenvalue weighted by Crippen LogP contribution is 2.30. The third-order valence-corrected chi connectivity index (χ3v) is 4.97. The van der Waals surface area contributed by atoms with Gasteiger partial charge in [-0.15, -0.1) is 11.3 Å². The Balaban J connectivity index is 1.90. The van der Waals surface area contributed by atoms with Crippen LogP contribution in [0.2, 0.25) is 0 Å². The van der Waals surface area contributed by atoms with Crippen LogP contribution < -0.4 is 15.5 Å². The van der Waals surface area contributed by atoms with Crippen molar-refractivity contribution >= 4 is 40.8 Å². The molecule has 1 aliphatic rings. The molecule has 0 bridgehead atoms. The maximum absolute atomic E-state index is 11.8. The van der Waals surface area contributed by atoms with Crippen molar-refractivity contribution in [2.75, 3.05) is 19.0 Å². The van der Waals surface area contributed by atoms with Gasteiger partial charge in [-0.05, 0) is 25.1 Å². The van der Waals surface area contributed by atoms with E-state index in [1.165, 1.54) is 4.88 Å². The average molecular weight is 368 g/mol. The van der Waals surface area contributed by atoms with Crippen molar-refractivity contribution in [2.24, 2.45) is 0 Å².